The van der Waals surface area contributed by atoms with Crippen LogP contribution < -0.4 is 15.4 Å². The van der Waals surface area contributed by atoms with E-state index in [4.69, 9.17) is 4.74 Å². The summed E-state index contributed by atoms with van der Waals surface area (Å²) in [5.41, 5.74) is 0. The van der Waals surface area contributed by atoms with E-state index in [1.165, 1.54) is 6.26 Å². The molecule has 24 heavy (non-hydrogen) atoms. The van der Waals surface area contributed by atoms with Gasteiger partial charge in [-0.3, -0.25) is 4.99 Å². The standard InChI is InChI=1S/C16H27N3O3S.HI/c1-5-17-15(19-13-16(2,3)23(4,20)21)18-11-12-22-14-9-7-6-8-10-14;/h6-10H,5,11-13H2,1-4H3,(H2,17,18,19);1H. The van der Waals surface area contributed by atoms with Crippen LogP contribution in [0.4, 0.5) is 0 Å². The Balaban J connectivity index is 0.00000529. The zero-order valence-electron chi connectivity index (χ0n) is 14.7. The number of hydrogen-bond acceptors (Lipinski definition) is 4. The van der Waals surface area contributed by atoms with Crippen molar-refractivity contribution in [3.05, 3.63) is 30.3 Å². The number of halogens is 1. The summed E-state index contributed by atoms with van der Waals surface area (Å²) in [5.74, 6) is 1.40. The fourth-order valence-corrected chi connectivity index (χ4v) is 1.88. The van der Waals surface area contributed by atoms with Gasteiger partial charge in [0.15, 0.2) is 15.8 Å². The minimum Gasteiger partial charge on any atom is -0.492 e. The second-order valence-corrected chi connectivity index (χ2v) is 8.46. The van der Waals surface area contributed by atoms with Crippen LogP contribution in [-0.4, -0.2) is 51.6 Å². The summed E-state index contributed by atoms with van der Waals surface area (Å²) in [6.07, 6.45) is 1.23. The Labute approximate surface area is 162 Å². The Morgan fingerprint density at radius 3 is 2.38 bits per heavy atom. The molecule has 1 aromatic carbocycles. The molecule has 0 aliphatic carbocycles. The summed E-state index contributed by atoms with van der Waals surface area (Å²) in [5, 5.41) is 6.23. The average molecular weight is 469 g/mol. The van der Waals surface area contributed by atoms with Gasteiger partial charge in [-0.2, -0.15) is 0 Å². The van der Waals surface area contributed by atoms with E-state index in [1.54, 1.807) is 13.8 Å². The molecule has 0 atom stereocenters. The van der Waals surface area contributed by atoms with Crippen LogP contribution >= 0.6 is 24.0 Å². The van der Waals surface area contributed by atoms with Gasteiger partial charge in [-0.1, -0.05) is 18.2 Å². The van der Waals surface area contributed by atoms with Crippen LogP contribution in [0.15, 0.2) is 35.3 Å². The monoisotopic (exact) mass is 469 g/mol. The van der Waals surface area contributed by atoms with Crippen molar-refractivity contribution in [2.45, 2.75) is 25.5 Å². The van der Waals surface area contributed by atoms with E-state index in [-0.39, 0.29) is 30.5 Å². The summed E-state index contributed by atoms with van der Waals surface area (Å²) >= 11 is 0. The number of aliphatic imine (C=N–C) groups is 1. The Morgan fingerprint density at radius 2 is 1.83 bits per heavy atom. The number of nitrogens with zero attached hydrogens (tertiary/aromatic N) is 1. The third-order valence-corrected chi connectivity index (χ3v) is 5.51. The van der Waals surface area contributed by atoms with E-state index in [1.807, 2.05) is 37.3 Å². The summed E-state index contributed by atoms with van der Waals surface area (Å²) < 4.78 is 28.1. The minimum atomic E-state index is -3.16. The molecule has 0 heterocycles. The van der Waals surface area contributed by atoms with Crippen LogP contribution in [0.2, 0.25) is 0 Å². The highest BCUT2D eigenvalue weighted by Crippen LogP contribution is 2.15. The maximum atomic E-state index is 11.7. The van der Waals surface area contributed by atoms with Crippen LogP contribution in [0.1, 0.15) is 20.8 Å². The third kappa shape index (κ3) is 8.18. The highest BCUT2D eigenvalue weighted by molar-refractivity contribution is 14.0. The normalized spacial score (nSPS) is 12.2. The van der Waals surface area contributed by atoms with E-state index in [0.717, 1.165) is 5.75 Å². The molecule has 138 valence electrons. The quantitative estimate of drug-likeness (QED) is 0.264. The molecule has 0 radical (unpaired) electrons. The maximum Gasteiger partial charge on any atom is 0.191 e. The molecule has 0 saturated heterocycles. The van der Waals surface area contributed by atoms with E-state index >= 15 is 0 Å². The predicted molar refractivity (Wildman–Crippen MR) is 110 cm³/mol. The van der Waals surface area contributed by atoms with Crippen molar-refractivity contribution in [1.29, 1.82) is 0 Å². The highest BCUT2D eigenvalue weighted by atomic mass is 127. The number of nitrogens with one attached hydrogen (secondary N) is 2. The lowest BCUT2D eigenvalue weighted by Gasteiger charge is -2.21. The minimum absolute atomic E-state index is 0. The van der Waals surface area contributed by atoms with Gasteiger partial charge in [0.1, 0.15) is 12.4 Å². The van der Waals surface area contributed by atoms with Crippen molar-refractivity contribution < 1.29 is 13.2 Å². The van der Waals surface area contributed by atoms with Crippen molar-refractivity contribution in [3.63, 3.8) is 0 Å². The summed E-state index contributed by atoms with van der Waals surface area (Å²) in [6, 6.07) is 9.57. The largest absolute Gasteiger partial charge is 0.492 e. The number of benzene rings is 1. The lowest BCUT2D eigenvalue weighted by Crippen LogP contribution is -2.41. The molecule has 0 saturated carbocycles. The molecule has 0 fully saturated rings. The fraction of sp³-hybridized carbons (Fsp3) is 0.562. The first-order chi connectivity index (χ1) is 10.8. The Morgan fingerprint density at radius 1 is 1.21 bits per heavy atom. The summed E-state index contributed by atoms with van der Waals surface area (Å²) in [6.45, 7) is 7.26. The van der Waals surface area contributed by atoms with Crippen molar-refractivity contribution in [3.8, 4) is 5.75 Å². The average Bonchev–Trinajstić information content (AvgIpc) is 2.49. The van der Waals surface area contributed by atoms with Crippen molar-refractivity contribution in [2.75, 3.05) is 32.5 Å². The Hall–Kier alpha value is -1.03. The zero-order valence-corrected chi connectivity index (χ0v) is 17.9. The van der Waals surface area contributed by atoms with Crippen LogP contribution in [0.25, 0.3) is 0 Å². The van der Waals surface area contributed by atoms with E-state index in [0.29, 0.717) is 25.7 Å². The second kappa shape index (κ2) is 10.8. The number of guanidine groups is 1. The van der Waals surface area contributed by atoms with Gasteiger partial charge in [0.2, 0.25) is 0 Å². The first-order valence-corrected chi connectivity index (χ1v) is 9.55. The second-order valence-electron chi connectivity index (χ2n) is 5.82. The van der Waals surface area contributed by atoms with Crippen LogP contribution in [0.3, 0.4) is 0 Å². The van der Waals surface area contributed by atoms with E-state index < -0.39 is 14.6 Å². The molecule has 0 spiro atoms. The zero-order chi connectivity index (χ0) is 17.3. The SMILES string of the molecule is CCNC(=NCC(C)(C)S(C)(=O)=O)NCCOc1ccccc1.I. The van der Waals surface area contributed by atoms with Crippen molar-refractivity contribution in [1.82, 2.24) is 10.6 Å². The predicted octanol–water partition coefficient (Wildman–Crippen LogP) is 2.06. The molecule has 0 aromatic heterocycles. The van der Waals surface area contributed by atoms with Gasteiger partial charge < -0.3 is 15.4 Å². The summed E-state index contributed by atoms with van der Waals surface area (Å²) in [7, 11) is -3.16. The highest BCUT2D eigenvalue weighted by Gasteiger charge is 2.29. The number of hydrogen-bond donors (Lipinski definition) is 2. The third-order valence-electron chi connectivity index (χ3n) is 3.37. The fourth-order valence-electron chi connectivity index (χ4n) is 1.58. The number of rotatable bonds is 8. The first-order valence-electron chi connectivity index (χ1n) is 7.66. The first kappa shape index (κ1) is 23.0. The smallest absolute Gasteiger partial charge is 0.191 e. The van der Waals surface area contributed by atoms with Gasteiger partial charge in [0.05, 0.1) is 17.8 Å². The molecular formula is C16H28IN3O3S. The van der Waals surface area contributed by atoms with Gasteiger partial charge in [-0.05, 0) is 32.9 Å². The molecule has 1 rings (SSSR count). The number of sulfone groups is 1. The Kier molecular flexibility index (Phi) is 10.3. The molecule has 0 bridgehead atoms. The van der Waals surface area contributed by atoms with Gasteiger partial charge in [0, 0.05) is 12.8 Å². The van der Waals surface area contributed by atoms with Gasteiger partial charge >= 0.3 is 0 Å². The number of para-hydroxylation sites is 1. The molecule has 8 heteroatoms. The molecular weight excluding hydrogens is 441 g/mol. The molecule has 1 aromatic rings. The maximum absolute atomic E-state index is 11.7. The van der Waals surface area contributed by atoms with Crippen LogP contribution in [-0.2, 0) is 9.84 Å². The topological polar surface area (TPSA) is 79.8 Å². The Bertz CT molecular complexity index is 604. The lowest BCUT2D eigenvalue weighted by atomic mass is 10.2. The summed E-state index contributed by atoms with van der Waals surface area (Å²) in [4.78, 5) is 4.36. The lowest BCUT2D eigenvalue weighted by molar-refractivity contribution is 0.322. The van der Waals surface area contributed by atoms with Gasteiger partial charge in [-0.15, -0.1) is 24.0 Å². The molecule has 0 unspecified atom stereocenters. The van der Waals surface area contributed by atoms with Gasteiger partial charge in [0.25, 0.3) is 0 Å². The molecule has 0 amide bonds. The van der Waals surface area contributed by atoms with E-state index in [2.05, 4.69) is 15.6 Å². The molecule has 6 nitrogen and oxygen atoms in total. The molecule has 2 N–H and O–H groups in total. The van der Waals surface area contributed by atoms with Crippen molar-refractivity contribution >= 4 is 39.8 Å². The van der Waals surface area contributed by atoms with E-state index in [9.17, 15) is 8.42 Å². The van der Waals surface area contributed by atoms with Crippen molar-refractivity contribution in [2.24, 2.45) is 4.99 Å². The van der Waals surface area contributed by atoms with Gasteiger partial charge in [-0.25, -0.2) is 8.42 Å². The van der Waals surface area contributed by atoms with Crippen LogP contribution in [0, 0.1) is 0 Å². The van der Waals surface area contributed by atoms with Crippen LogP contribution in [0.5, 0.6) is 5.75 Å². The number of ether oxygens (including phenoxy) is 1. The molecule has 0 aliphatic heterocycles. The molecule has 0 aliphatic rings.